The SMILES string of the molecule is C[C@@H]1C[C@H](C)CN(C(=O)c2ccc(S(=O)(=O)N3CCNC(=O)C3)cc2)C1. The maximum Gasteiger partial charge on any atom is 0.253 e. The van der Waals surface area contributed by atoms with Crippen LogP contribution in [0.2, 0.25) is 0 Å². The first kappa shape index (κ1) is 18.8. The zero-order chi connectivity index (χ0) is 18.9. The standard InChI is InChI=1S/C18H25N3O4S/c1-13-9-14(2)11-20(10-13)18(23)15-3-5-16(6-4-15)26(24,25)21-8-7-19-17(22)12-21/h3-6,13-14H,7-12H2,1-2H3,(H,19,22)/t13-,14+. The molecule has 2 amide bonds. The summed E-state index contributed by atoms with van der Waals surface area (Å²) in [6.45, 7) is 6.11. The Balaban J connectivity index is 1.75. The first-order valence-corrected chi connectivity index (χ1v) is 10.4. The minimum atomic E-state index is -3.73. The van der Waals surface area contributed by atoms with Crippen LogP contribution in [0.4, 0.5) is 0 Å². The van der Waals surface area contributed by atoms with Gasteiger partial charge in [0.15, 0.2) is 0 Å². The Bertz CT molecular complexity index is 781. The van der Waals surface area contributed by atoms with Crippen molar-refractivity contribution in [2.75, 3.05) is 32.7 Å². The van der Waals surface area contributed by atoms with Crippen LogP contribution < -0.4 is 5.32 Å². The molecular formula is C18H25N3O4S. The van der Waals surface area contributed by atoms with Crippen molar-refractivity contribution in [2.45, 2.75) is 25.2 Å². The van der Waals surface area contributed by atoms with Gasteiger partial charge in [-0.25, -0.2) is 8.42 Å². The molecule has 142 valence electrons. The number of carbonyl (C=O) groups excluding carboxylic acids is 2. The highest BCUT2D eigenvalue weighted by Crippen LogP contribution is 2.23. The normalized spacial score (nSPS) is 25.0. The molecule has 0 saturated carbocycles. The van der Waals surface area contributed by atoms with Crippen LogP contribution in [0.5, 0.6) is 0 Å². The molecule has 2 heterocycles. The number of rotatable bonds is 3. The number of carbonyl (C=O) groups is 2. The summed E-state index contributed by atoms with van der Waals surface area (Å²) in [7, 11) is -3.73. The molecule has 3 rings (SSSR count). The zero-order valence-corrected chi connectivity index (χ0v) is 16.0. The molecule has 2 aliphatic rings. The van der Waals surface area contributed by atoms with Gasteiger partial charge in [0.2, 0.25) is 15.9 Å². The maximum atomic E-state index is 12.7. The number of piperidine rings is 1. The van der Waals surface area contributed by atoms with Crippen LogP contribution in [0.3, 0.4) is 0 Å². The summed E-state index contributed by atoms with van der Waals surface area (Å²) in [6, 6.07) is 6.02. The van der Waals surface area contributed by atoms with Crippen molar-refractivity contribution in [3.05, 3.63) is 29.8 Å². The van der Waals surface area contributed by atoms with Crippen molar-refractivity contribution in [1.82, 2.24) is 14.5 Å². The topological polar surface area (TPSA) is 86.8 Å². The van der Waals surface area contributed by atoms with Gasteiger partial charge in [0.1, 0.15) is 0 Å². The summed E-state index contributed by atoms with van der Waals surface area (Å²) in [5, 5.41) is 2.61. The molecule has 2 aliphatic heterocycles. The Labute approximate surface area is 154 Å². The lowest BCUT2D eigenvalue weighted by Crippen LogP contribution is -2.49. The van der Waals surface area contributed by atoms with E-state index < -0.39 is 10.0 Å². The molecule has 1 aromatic carbocycles. The summed E-state index contributed by atoms with van der Waals surface area (Å²) in [5.74, 6) is 0.560. The van der Waals surface area contributed by atoms with E-state index in [1.54, 1.807) is 12.1 Å². The third kappa shape index (κ3) is 3.91. The highest BCUT2D eigenvalue weighted by molar-refractivity contribution is 7.89. The van der Waals surface area contributed by atoms with E-state index in [1.807, 2.05) is 4.90 Å². The van der Waals surface area contributed by atoms with E-state index >= 15 is 0 Å². The molecule has 2 saturated heterocycles. The largest absolute Gasteiger partial charge is 0.354 e. The fourth-order valence-corrected chi connectivity index (χ4v) is 5.15. The van der Waals surface area contributed by atoms with Gasteiger partial charge < -0.3 is 10.2 Å². The lowest BCUT2D eigenvalue weighted by Gasteiger charge is -2.35. The predicted molar refractivity (Wildman–Crippen MR) is 97.1 cm³/mol. The quantitative estimate of drug-likeness (QED) is 0.846. The van der Waals surface area contributed by atoms with E-state index in [2.05, 4.69) is 19.2 Å². The first-order valence-electron chi connectivity index (χ1n) is 8.93. The molecule has 0 bridgehead atoms. The number of nitrogens with zero attached hydrogens (tertiary/aromatic N) is 2. The van der Waals surface area contributed by atoms with Crippen LogP contribution in [0, 0.1) is 11.8 Å². The third-order valence-electron chi connectivity index (χ3n) is 4.90. The monoisotopic (exact) mass is 379 g/mol. The minimum Gasteiger partial charge on any atom is -0.354 e. The van der Waals surface area contributed by atoms with Crippen molar-refractivity contribution in [3.8, 4) is 0 Å². The Kier molecular flexibility index (Phi) is 5.34. The number of likely N-dealkylation sites (tertiary alicyclic amines) is 1. The van der Waals surface area contributed by atoms with Crippen molar-refractivity contribution in [3.63, 3.8) is 0 Å². The number of amides is 2. The summed E-state index contributed by atoms with van der Waals surface area (Å²) in [6.07, 6.45) is 1.12. The van der Waals surface area contributed by atoms with Crippen molar-refractivity contribution in [2.24, 2.45) is 11.8 Å². The molecule has 8 heteroatoms. The van der Waals surface area contributed by atoms with Gasteiger partial charge in [0.05, 0.1) is 11.4 Å². The maximum absolute atomic E-state index is 12.7. The number of hydrogen-bond acceptors (Lipinski definition) is 4. The smallest absolute Gasteiger partial charge is 0.253 e. The Morgan fingerprint density at radius 1 is 1.12 bits per heavy atom. The van der Waals surface area contributed by atoms with E-state index in [0.717, 1.165) is 23.8 Å². The Hall–Kier alpha value is -1.93. The molecule has 0 radical (unpaired) electrons. The van der Waals surface area contributed by atoms with Gasteiger partial charge >= 0.3 is 0 Å². The molecule has 0 unspecified atom stereocenters. The molecule has 1 N–H and O–H groups in total. The predicted octanol–water partition coefficient (Wildman–Crippen LogP) is 0.925. The molecule has 2 fully saturated rings. The number of sulfonamides is 1. The number of benzene rings is 1. The van der Waals surface area contributed by atoms with Crippen LogP contribution in [0.1, 0.15) is 30.6 Å². The van der Waals surface area contributed by atoms with E-state index in [0.29, 0.717) is 23.9 Å². The zero-order valence-electron chi connectivity index (χ0n) is 15.1. The Morgan fingerprint density at radius 3 is 2.31 bits per heavy atom. The van der Waals surface area contributed by atoms with Gasteiger partial charge in [0, 0.05) is 31.7 Å². The number of nitrogens with one attached hydrogen (secondary N) is 1. The van der Waals surface area contributed by atoms with Crippen molar-refractivity contribution >= 4 is 21.8 Å². The molecular weight excluding hydrogens is 354 g/mol. The lowest BCUT2D eigenvalue weighted by molar-refractivity contribution is -0.122. The second kappa shape index (κ2) is 7.36. The highest BCUT2D eigenvalue weighted by atomic mass is 32.2. The average molecular weight is 379 g/mol. The van der Waals surface area contributed by atoms with Gasteiger partial charge in [-0.3, -0.25) is 9.59 Å². The molecule has 7 nitrogen and oxygen atoms in total. The van der Waals surface area contributed by atoms with Gasteiger partial charge in [-0.2, -0.15) is 4.31 Å². The summed E-state index contributed by atoms with van der Waals surface area (Å²) in [4.78, 5) is 26.1. The van der Waals surface area contributed by atoms with Crippen molar-refractivity contribution < 1.29 is 18.0 Å². The summed E-state index contributed by atoms with van der Waals surface area (Å²) < 4.78 is 26.5. The fraction of sp³-hybridized carbons (Fsp3) is 0.556. The van der Waals surface area contributed by atoms with E-state index in [9.17, 15) is 18.0 Å². The molecule has 0 spiro atoms. The minimum absolute atomic E-state index is 0.0651. The van der Waals surface area contributed by atoms with Gasteiger partial charge in [-0.1, -0.05) is 13.8 Å². The molecule has 1 aromatic rings. The van der Waals surface area contributed by atoms with Crippen LogP contribution in [0.25, 0.3) is 0 Å². The van der Waals surface area contributed by atoms with Gasteiger partial charge in [0.25, 0.3) is 5.91 Å². The Morgan fingerprint density at radius 2 is 1.73 bits per heavy atom. The summed E-state index contributed by atoms with van der Waals surface area (Å²) in [5.41, 5.74) is 0.488. The van der Waals surface area contributed by atoms with Crippen LogP contribution in [-0.4, -0.2) is 62.2 Å². The molecule has 0 aromatic heterocycles. The van der Waals surface area contributed by atoms with E-state index in [4.69, 9.17) is 0 Å². The van der Waals surface area contributed by atoms with E-state index in [-0.39, 0.29) is 29.8 Å². The van der Waals surface area contributed by atoms with Crippen LogP contribution >= 0.6 is 0 Å². The second-order valence-corrected chi connectivity index (χ2v) is 9.31. The third-order valence-corrected chi connectivity index (χ3v) is 6.76. The van der Waals surface area contributed by atoms with Crippen molar-refractivity contribution in [1.29, 1.82) is 0 Å². The number of piperazine rings is 1. The molecule has 2 atom stereocenters. The van der Waals surface area contributed by atoms with Crippen LogP contribution in [-0.2, 0) is 14.8 Å². The molecule has 26 heavy (non-hydrogen) atoms. The highest BCUT2D eigenvalue weighted by Gasteiger charge is 2.30. The average Bonchev–Trinajstić information content (AvgIpc) is 2.60. The second-order valence-electron chi connectivity index (χ2n) is 7.37. The van der Waals surface area contributed by atoms with Gasteiger partial charge in [-0.15, -0.1) is 0 Å². The first-order chi connectivity index (χ1) is 12.3. The summed E-state index contributed by atoms with van der Waals surface area (Å²) >= 11 is 0. The number of hydrogen-bond donors (Lipinski definition) is 1. The van der Waals surface area contributed by atoms with E-state index in [1.165, 1.54) is 12.1 Å². The van der Waals surface area contributed by atoms with Gasteiger partial charge in [-0.05, 0) is 42.5 Å². The molecule has 0 aliphatic carbocycles. The fourth-order valence-electron chi connectivity index (χ4n) is 3.75. The van der Waals surface area contributed by atoms with Crippen LogP contribution in [0.15, 0.2) is 29.2 Å². The lowest BCUT2D eigenvalue weighted by atomic mass is 9.91.